The summed E-state index contributed by atoms with van der Waals surface area (Å²) in [5.74, 6) is -0.990. The summed E-state index contributed by atoms with van der Waals surface area (Å²) < 4.78 is 10.2. The molecule has 0 saturated heterocycles. The summed E-state index contributed by atoms with van der Waals surface area (Å²) in [4.78, 5) is 25.7. The lowest BCUT2D eigenvalue weighted by Gasteiger charge is -2.42. The van der Waals surface area contributed by atoms with Gasteiger partial charge in [-0.1, -0.05) is 60.7 Å². The Morgan fingerprint density at radius 2 is 0.958 bits per heavy atom. The molecule has 4 nitrogen and oxygen atoms in total. The van der Waals surface area contributed by atoms with E-state index in [1.165, 1.54) is 14.2 Å². The van der Waals surface area contributed by atoms with Gasteiger partial charge in [0, 0.05) is 0 Å². The first-order valence-electron chi connectivity index (χ1n) is 7.70. The van der Waals surface area contributed by atoms with Gasteiger partial charge in [-0.05, 0) is 25.0 Å². The predicted octanol–water partition coefficient (Wildman–Crippen LogP) is 3.25. The van der Waals surface area contributed by atoms with Crippen molar-refractivity contribution in [2.45, 2.75) is 24.7 Å². The van der Waals surface area contributed by atoms with Crippen LogP contribution in [0.25, 0.3) is 0 Å². The van der Waals surface area contributed by atoms with Gasteiger partial charge in [0.1, 0.15) is 10.8 Å². The van der Waals surface area contributed by atoms with Gasteiger partial charge in [-0.15, -0.1) is 0 Å². The number of hydrogen-bond acceptors (Lipinski definition) is 4. The van der Waals surface area contributed by atoms with Crippen LogP contribution in [0, 0.1) is 0 Å². The molecular formula is C20H22O4. The third-order valence-electron chi connectivity index (χ3n) is 4.89. The van der Waals surface area contributed by atoms with Crippen LogP contribution >= 0.6 is 0 Å². The van der Waals surface area contributed by atoms with Crippen molar-refractivity contribution in [3.05, 3.63) is 71.8 Å². The van der Waals surface area contributed by atoms with Gasteiger partial charge in [-0.25, -0.2) is 0 Å². The molecule has 0 N–H and O–H groups in total. The van der Waals surface area contributed by atoms with E-state index < -0.39 is 22.8 Å². The maximum atomic E-state index is 12.8. The van der Waals surface area contributed by atoms with Crippen molar-refractivity contribution < 1.29 is 19.1 Å². The molecule has 0 aromatic heterocycles. The zero-order valence-electron chi connectivity index (χ0n) is 14.4. The van der Waals surface area contributed by atoms with E-state index in [2.05, 4.69) is 0 Å². The highest BCUT2D eigenvalue weighted by molar-refractivity contribution is 5.96. The summed E-state index contributed by atoms with van der Waals surface area (Å²) in [6.45, 7) is 3.44. The van der Waals surface area contributed by atoms with Gasteiger partial charge in [0.05, 0.1) is 14.2 Å². The molecule has 2 rings (SSSR count). The van der Waals surface area contributed by atoms with Crippen molar-refractivity contribution in [2.24, 2.45) is 0 Å². The molecule has 0 spiro atoms. The molecule has 2 aromatic rings. The monoisotopic (exact) mass is 326 g/mol. The van der Waals surface area contributed by atoms with Crippen molar-refractivity contribution in [3.8, 4) is 0 Å². The van der Waals surface area contributed by atoms with Gasteiger partial charge in [0.25, 0.3) is 0 Å². The summed E-state index contributed by atoms with van der Waals surface area (Å²) in [5, 5.41) is 0. The molecule has 0 aliphatic carbocycles. The van der Waals surface area contributed by atoms with Gasteiger partial charge >= 0.3 is 11.9 Å². The second kappa shape index (κ2) is 6.87. The smallest absolute Gasteiger partial charge is 0.317 e. The average molecular weight is 326 g/mol. The molecule has 0 fully saturated rings. The molecule has 0 saturated carbocycles. The Bertz CT molecular complexity index is 647. The zero-order chi connectivity index (χ0) is 17.8. The van der Waals surface area contributed by atoms with Crippen LogP contribution in [0.1, 0.15) is 25.0 Å². The molecule has 0 aliphatic rings. The van der Waals surface area contributed by atoms with Crippen LogP contribution in [-0.2, 0) is 29.9 Å². The van der Waals surface area contributed by atoms with Crippen LogP contribution in [0.2, 0.25) is 0 Å². The molecule has 126 valence electrons. The predicted molar refractivity (Wildman–Crippen MR) is 91.6 cm³/mol. The molecule has 2 atom stereocenters. The standard InChI is InChI=1S/C20H22O4/c1-19(17(21)23-3,15-11-7-5-8-12-15)20(2,18(22)24-4)16-13-9-6-10-14-16/h5-14H,1-4H3/t19-,20+. The molecule has 0 radical (unpaired) electrons. The van der Waals surface area contributed by atoms with Gasteiger partial charge in [-0.2, -0.15) is 0 Å². The lowest BCUT2D eigenvalue weighted by atomic mass is 9.58. The molecule has 0 bridgehead atoms. The Labute approximate surface area is 142 Å². The SMILES string of the molecule is COC(=O)[C@@](C)(c1ccccc1)[C@](C)(C(=O)OC)c1ccccc1. The van der Waals surface area contributed by atoms with E-state index in [-0.39, 0.29) is 0 Å². The van der Waals surface area contributed by atoms with E-state index in [4.69, 9.17) is 9.47 Å². The van der Waals surface area contributed by atoms with Crippen molar-refractivity contribution in [1.29, 1.82) is 0 Å². The Kier molecular flexibility index (Phi) is 5.07. The van der Waals surface area contributed by atoms with E-state index >= 15 is 0 Å². The molecule has 0 amide bonds. The number of esters is 2. The van der Waals surface area contributed by atoms with E-state index in [1.54, 1.807) is 13.8 Å². The lowest BCUT2D eigenvalue weighted by molar-refractivity contribution is -0.161. The maximum absolute atomic E-state index is 12.8. The maximum Gasteiger partial charge on any atom is 0.317 e. The van der Waals surface area contributed by atoms with Gasteiger partial charge in [0.2, 0.25) is 0 Å². The largest absolute Gasteiger partial charge is 0.468 e. The van der Waals surface area contributed by atoms with E-state index in [9.17, 15) is 9.59 Å². The first kappa shape index (κ1) is 17.7. The molecule has 0 aliphatic heterocycles. The van der Waals surface area contributed by atoms with Crippen LogP contribution in [0.3, 0.4) is 0 Å². The molecule has 2 aromatic carbocycles. The quantitative estimate of drug-likeness (QED) is 0.792. The first-order valence-corrected chi connectivity index (χ1v) is 7.70. The minimum absolute atomic E-state index is 0.495. The molecule has 0 unspecified atom stereocenters. The van der Waals surface area contributed by atoms with Crippen molar-refractivity contribution in [1.82, 2.24) is 0 Å². The summed E-state index contributed by atoms with van der Waals surface area (Å²) in [6, 6.07) is 18.3. The molecule has 4 heteroatoms. The van der Waals surface area contributed by atoms with Crippen molar-refractivity contribution in [3.63, 3.8) is 0 Å². The number of methoxy groups -OCH3 is 2. The number of ether oxygens (including phenoxy) is 2. The molecule has 0 heterocycles. The van der Waals surface area contributed by atoms with Crippen molar-refractivity contribution >= 4 is 11.9 Å². The fourth-order valence-electron chi connectivity index (χ4n) is 3.17. The summed E-state index contributed by atoms with van der Waals surface area (Å²) in [5.41, 5.74) is -1.13. The Morgan fingerprint density at radius 1 is 0.667 bits per heavy atom. The fraction of sp³-hybridized carbons (Fsp3) is 0.300. The Balaban J connectivity index is 2.81. The van der Waals surface area contributed by atoms with Crippen LogP contribution < -0.4 is 0 Å². The highest BCUT2D eigenvalue weighted by Crippen LogP contribution is 2.46. The minimum atomic E-state index is -1.25. The van der Waals surface area contributed by atoms with Crippen LogP contribution in [0.15, 0.2) is 60.7 Å². The summed E-state index contributed by atoms with van der Waals surface area (Å²) in [6.07, 6.45) is 0. The molecular weight excluding hydrogens is 304 g/mol. The minimum Gasteiger partial charge on any atom is -0.468 e. The second-order valence-electron chi connectivity index (χ2n) is 5.97. The van der Waals surface area contributed by atoms with E-state index in [0.29, 0.717) is 11.1 Å². The highest BCUT2D eigenvalue weighted by Gasteiger charge is 2.58. The number of rotatable bonds is 5. The number of carbonyl (C=O) groups excluding carboxylic acids is 2. The van der Waals surface area contributed by atoms with Crippen molar-refractivity contribution in [2.75, 3.05) is 14.2 Å². The second-order valence-corrected chi connectivity index (χ2v) is 5.97. The first-order chi connectivity index (χ1) is 11.4. The summed E-state index contributed by atoms with van der Waals surface area (Å²) in [7, 11) is 2.65. The van der Waals surface area contributed by atoms with Gasteiger partial charge < -0.3 is 9.47 Å². The molecule has 24 heavy (non-hydrogen) atoms. The van der Waals surface area contributed by atoms with E-state index in [0.717, 1.165) is 0 Å². The van der Waals surface area contributed by atoms with Crippen LogP contribution in [0.5, 0.6) is 0 Å². The third kappa shape index (κ3) is 2.58. The van der Waals surface area contributed by atoms with Gasteiger partial charge in [-0.3, -0.25) is 9.59 Å². The van der Waals surface area contributed by atoms with Gasteiger partial charge in [0.15, 0.2) is 0 Å². The number of carbonyl (C=O) groups is 2. The zero-order valence-corrected chi connectivity index (χ0v) is 14.4. The lowest BCUT2D eigenvalue weighted by Crippen LogP contribution is -2.56. The average Bonchev–Trinajstić information content (AvgIpc) is 2.66. The Morgan fingerprint density at radius 3 is 1.21 bits per heavy atom. The summed E-state index contributed by atoms with van der Waals surface area (Å²) >= 11 is 0. The fourth-order valence-corrected chi connectivity index (χ4v) is 3.17. The third-order valence-corrected chi connectivity index (χ3v) is 4.89. The topological polar surface area (TPSA) is 52.6 Å². The Hall–Kier alpha value is -2.62. The number of hydrogen-bond donors (Lipinski definition) is 0. The highest BCUT2D eigenvalue weighted by atomic mass is 16.5. The normalized spacial score (nSPS) is 15.7. The van der Waals surface area contributed by atoms with Crippen LogP contribution in [-0.4, -0.2) is 26.2 Å². The number of benzene rings is 2. The van der Waals surface area contributed by atoms with E-state index in [1.807, 2.05) is 60.7 Å². The van der Waals surface area contributed by atoms with Crippen LogP contribution in [0.4, 0.5) is 0 Å².